The quantitative estimate of drug-likeness (QED) is 0.869. The fourth-order valence-corrected chi connectivity index (χ4v) is 3.01. The largest absolute Gasteiger partial charge is 0.382 e. The molecule has 3 rings (SSSR count). The molecule has 2 aromatic heterocycles. The van der Waals surface area contributed by atoms with Crippen LogP contribution in [0.2, 0.25) is 0 Å². The van der Waals surface area contributed by atoms with Crippen molar-refractivity contribution in [2.75, 3.05) is 11.1 Å². The van der Waals surface area contributed by atoms with Gasteiger partial charge in [-0.05, 0) is 18.3 Å². The molecule has 1 fully saturated rings. The lowest BCUT2D eigenvalue weighted by atomic mass is 9.78. The number of fused-ring (bicyclic) bond motifs is 1. The lowest BCUT2D eigenvalue weighted by molar-refractivity contribution is 0.253. The van der Waals surface area contributed by atoms with E-state index in [2.05, 4.69) is 29.1 Å². The number of imidazole rings is 1. The second-order valence-electron chi connectivity index (χ2n) is 5.69. The highest BCUT2D eigenvalue weighted by molar-refractivity contribution is 5.65. The highest BCUT2D eigenvalue weighted by Crippen LogP contribution is 2.32. The van der Waals surface area contributed by atoms with Crippen LogP contribution in [0.4, 0.5) is 11.6 Å². The molecule has 0 radical (unpaired) electrons. The van der Waals surface area contributed by atoms with Gasteiger partial charge in [0.2, 0.25) is 0 Å². The first-order valence-electron chi connectivity index (χ1n) is 7.01. The Labute approximate surface area is 113 Å². The van der Waals surface area contributed by atoms with Crippen molar-refractivity contribution in [2.24, 2.45) is 11.8 Å². The van der Waals surface area contributed by atoms with Crippen molar-refractivity contribution in [3.05, 3.63) is 18.6 Å². The summed E-state index contributed by atoms with van der Waals surface area (Å²) in [7, 11) is 0. The molecule has 0 bridgehead atoms. The lowest BCUT2D eigenvalue weighted by Crippen LogP contribution is -2.35. The monoisotopic (exact) mass is 259 g/mol. The van der Waals surface area contributed by atoms with Gasteiger partial charge in [0.1, 0.15) is 5.82 Å². The van der Waals surface area contributed by atoms with E-state index < -0.39 is 0 Å². The molecule has 5 nitrogen and oxygen atoms in total. The SMILES string of the molecule is CC1CCCC(Nc2nc(N)cn3ccnc23)C1C. The molecular weight excluding hydrogens is 238 g/mol. The van der Waals surface area contributed by atoms with Crippen molar-refractivity contribution in [3.8, 4) is 0 Å². The molecule has 102 valence electrons. The molecule has 1 aliphatic rings. The number of hydrogen-bond donors (Lipinski definition) is 2. The zero-order chi connectivity index (χ0) is 13.4. The van der Waals surface area contributed by atoms with Crippen molar-refractivity contribution in [2.45, 2.75) is 39.2 Å². The van der Waals surface area contributed by atoms with Gasteiger partial charge in [0.05, 0.1) is 6.20 Å². The van der Waals surface area contributed by atoms with Gasteiger partial charge in [-0.2, -0.15) is 0 Å². The summed E-state index contributed by atoms with van der Waals surface area (Å²) < 4.78 is 1.92. The molecule has 1 saturated carbocycles. The average Bonchev–Trinajstić information content (AvgIpc) is 2.83. The van der Waals surface area contributed by atoms with E-state index in [9.17, 15) is 0 Å². The topological polar surface area (TPSA) is 68.2 Å². The second-order valence-corrected chi connectivity index (χ2v) is 5.69. The van der Waals surface area contributed by atoms with Crippen LogP contribution in [-0.4, -0.2) is 20.4 Å². The van der Waals surface area contributed by atoms with Crippen molar-refractivity contribution < 1.29 is 0 Å². The summed E-state index contributed by atoms with van der Waals surface area (Å²) in [6, 6.07) is 0.457. The maximum absolute atomic E-state index is 5.85. The van der Waals surface area contributed by atoms with E-state index in [1.54, 1.807) is 12.4 Å². The number of nitrogen functional groups attached to an aromatic ring is 1. The number of hydrogen-bond acceptors (Lipinski definition) is 4. The van der Waals surface area contributed by atoms with E-state index in [0.717, 1.165) is 17.4 Å². The number of aromatic nitrogens is 3. The zero-order valence-electron chi connectivity index (χ0n) is 11.5. The van der Waals surface area contributed by atoms with Gasteiger partial charge in [0.15, 0.2) is 11.5 Å². The molecule has 3 atom stereocenters. The van der Waals surface area contributed by atoms with Crippen LogP contribution < -0.4 is 11.1 Å². The third kappa shape index (κ3) is 2.25. The highest BCUT2D eigenvalue weighted by Gasteiger charge is 2.27. The van der Waals surface area contributed by atoms with Crippen LogP contribution in [-0.2, 0) is 0 Å². The number of nitrogens with one attached hydrogen (secondary N) is 1. The zero-order valence-corrected chi connectivity index (χ0v) is 11.5. The van der Waals surface area contributed by atoms with E-state index >= 15 is 0 Å². The van der Waals surface area contributed by atoms with E-state index in [0.29, 0.717) is 17.8 Å². The van der Waals surface area contributed by atoms with Crippen molar-refractivity contribution >= 4 is 17.3 Å². The molecule has 2 aromatic rings. The first-order valence-corrected chi connectivity index (χ1v) is 7.01. The number of anilines is 2. The standard InChI is InChI=1S/C14H21N5/c1-9-4-3-5-11(10(9)2)17-13-14-16-6-7-19(14)8-12(15)18-13/h6-11H,3-5,15H2,1-2H3,(H,17,18). The fourth-order valence-electron chi connectivity index (χ4n) is 3.01. The molecular formula is C14H21N5. The summed E-state index contributed by atoms with van der Waals surface area (Å²) in [5.74, 6) is 2.72. The molecule has 5 heteroatoms. The normalized spacial score (nSPS) is 27.6. The molecule has 3 unspecified atom stereocenters. The number of rotatable bonds is 2. The van der Waals surface area contributed by atoms with Crippen LogP contribution >= 0.6 is 0 Å². The summed E-state index contributed by atoms with van der Waals surface area (Å²) in [6.45, 7) is 4.65. The van der Waals surface area contributed by atoms with Crippen LogP contribution in [0.1, 0.15) is 33.1 Å². The summed E-state index contributed by atoms with van der Waals surface area (Å²) >= 11 is 0. The van der Waals surface area contributed by atoms with E-state index in [4.69, 9.17) is 5.73 Å². The van der Waals surface area contributed by atoms with E-state index in [-0.39, 0.29) is 0 Å². The maximum atomic E-state index is 5.85. The Bertz CT molecular complexity index is 576. The van der Waals surface area contributed by atoms with Crippen molar-refractivity contribution in [3.63, 3.8) is 0 Å². The Morgan fingerprint density at radius 3 is 3.05 bits per heavy atom. The lowest BCUT2D eigenvalue weighted by Gasteiger charge is -2.34. The van der Waals surface area contributed by atoms with Crippen molar-refractivity contribution in [1.82, 2.24) is 14.4 Å². The molecule has 0 aliphatic heterocycles. The minimum Gasteiger partial charge on any atom is -0.382 e. The third-order valence-corrected chi connectivity index (χ3v) is 4.42. The Kier molecular flexibility index (Phi) is 3.05. The van der Waals surface area contributed by atoms with Crippen molar-refractivity contribution in [1.29, 1.82) is 0 Å². The first kappa shape index (κ1) is 12.3. The molecule has 0 aromatic carbocycles. The maximum Gasteiger partial charge on any atom is 0.180 e. The van der Waals surface area contributed by atoms with Crippen LogP contribution in [0.3, 0.4) is 0 Å². The van der Waals surface area contributed by atoms with E-state index in [1.807, 2.05) is 10.6 Å². The molecule has 0 saturated heterocycles. The number of nitrogens with two attached hydrogens (primary N) is 1. The molecule has 2 heterocycles. The molecule has 19 heavy (non-hydrogen) atoms. The van der Waals surface area contributed by atoms with Gasteiger partial charge in [-0.1, -0.05) is 26.7 Å². The van der Waals surface area contributed by atoms with Gasteiger partial charge in [-0.15, -0.1) is 0 Å². The molecule has 3 N–H and O–H groups in total. The first-order chi connectivity index (χ1) is 9.15. The van der Waals surface area contributed by atoms with Gasteiger partial charge < -0.3 is 15.5 Å². The highest BCUT2D eigenvalue weighted by atomic mass is 15.1. The summed E-state index contributed by atoms with van der Waals surface area (Å²) in [5, 5.41) is 3.56. The van der Waals surface area contributed by atoms with Gasteiger partial charge in [-0.3, -0.25) is 0 Å². The van der Waals surface area contributed by atoms with Gasteiger partial charge >= 0.3 is 0 Å². The Balaban J connectivity index is 1.90. The molecule has 0 amide bonds. The Hall–Kier alpha value is -1.78. The van der Waals surface area contributed by atoms with Crippen LogP contribution in [0, 0.1) is 11.8 Å². The summed E-state index contributed by atoms with van der Waals surface area (Å²) in [4.78, 5) is 8.76. The van der Waals surface area contributed by atoms with Crippen LogP contribution in [0.15, 0.2) is 18.6 Å². The fraction of sp³-hybridized carbons (Fsp3) is 0.571. The van der Waals surface area contributed by atoms with Crippen LogP contribution in [0.25, 0.3) is 5.65 Å². The third-order valence-electron chi connectivity index (χ3n) is 4.42. The minimum atomic E-state index is 0.457. The Morgan fingerprint density at radius 1 is 1.37 bits per heavy atom. The van der Waals surface area contributed by atoms with E-state index in [1.165, 1.54) is 19.3 Å². The van der Waals surface area contributed by atoms with Gasteiger partial charge in [0, 0.05) is 18.4 Å². The van der Waals surface area contributed by atoms with Gasteiger partial charge in [0.25, 0.3) is 0 Å². The predicted molar refractivity (Wildman–Crippen MR) is 77.0 cm³/mol. The summed E-state index contributed by atoms with van der Waals surface area (Å²) in [6.07, 6.45) is 9.24. The predicted octanol–water partition coefficient (Wildman–Crippen LogP) is 2.55. The summed E-state index contributed by atoms with van der Waals surface area (Å²) in [5.41, 5.74) is 6.70. The Morgan fingerprint density at radius 2 is 2.21 bits per heavy atom. The number of nitrogens with zero attached hydrogens (tertiary/aromatic N) is 3. The molecule has 1 aliphatic carbocycles. The molecule has 0 spiro atoms. The van der Waals surface area contributed by atoms with Gasteiger partial charge in [-0.25, -0.2) is 9.97 Å². The second kappa shape index (κ2) is 4.72. The average molecular weight is 259 g/mol. The van der Waals surface area contributed by atoms with Crippen LogP contribution in [0.5, 0.6) is 0 Å². The minimum absolute atomic E-state index is 0.457. The smallest absolute Gasteiger partial charge is 0.180 e.